The van der Waals surface area contributed by atoms with Gasteiger partial charge in [0.05, 0.1) is 0 Å². The molecule has 60 valence electrons. The predicted molar refractivity (Wildman–Crippen MR) is 38.1 cm³/mol. The van der Waals surface area contributed by atoms with Crippen LogP contribution in [0.2, 0.25) is 0 Å². The van der Waals surface area contributed by atoms with Crippen LogP contribution in [-0.2, 0) is 4.79 Å². The third-order valence-electron chi connectivity index (χ3n) is 2.15. The summed E-state index contributed by atoms with van der Waals surface area (Å²) in [6, 6.07) is 0.0484. The van der Waals surface area contributed by atoms with E-state index in [-0.39, 0.29) is 12.1 Å². The van der Waals surface area contributed by atoms with E-state index in [1.165, 1.54) is 0 Å². The first-order valence-electron chi connectivity index (χ1n) is 3.84. The number of carbonyl (C=O) groups excluding carboxylic acids is 2. The lowest BCUT2D eigenvalue weighted by molar-refractivity contribution is -0.110. The number of rotatable bonds is 2. The highest BCUT2D eigenvalue weighted by atomic mass is 16.2. The van der Waals surface area contributed by atoms with Crippen LogP contribution in [-0.4, -0.2) is 35.8 Å². The van der Waals surface area contributed by atoms with Crippen LogP contribution in [0.1, 0.15) is 12.8 Å². The minimum Gasteiger partial charge on any atom is -0.335 e. The molecule has 1 unspecified atom stereocenters. The van der Waals surface area contributed by atoms with E-state index in [1.807, 2.05) is 0 Å². The van der Waals surface area contributed by atoms with Gasteiger partial charge in [-0.2, -0.15) is 0 Å². The Balaban J connectivity index is 2.11. The summed E-state index contributed by atoms with van der Waals surface area (Å²) in [6.07, 6.45) is 2.95. The maximum absolute atomic E-state index is 11.1. The van der Waals surface area contributed by atoms with Gasteiger partial charge < -0.3 is 15.0 Å². The minimum absolute atomic E-state index is 0.0791. The molecule has 1 aliphatic heterocycles. The van der Waals surface area contributed by atoms with E-state index < -0.39 is 0 Å². The summed E-state index contributed by atoms with van der Waals surface area (Å²) < 4.78 is 0. The summed E-state index contributed by atoms with van der Waals surface area (Å²) in [5, 5.41) is 2.65. The summed E-state index contributed by atoms with van der Waals surface area (Å²) in [6.45, 7) is 0.485. The maximum atomic E-state index is 11.1. The third-order valence-corrected chi connectivity index (χ3v) is 2.15. The van der Waals surface area contributed by atoms with E-state index in [2.05, 4.69) is 5.32 Å². The minimum atomic E-state index is -0.213. The molecule has 0 aromatic heterocycles. The van der Waals surface area contributed by atoms with E-state index >= 15 is 0 Å². The molecule has 0 radical (unpaired) electrons. The predicted octanol–water partition coefficient (Wildman–Crippen LogP) is -0.259. The standard InChI is InChI=1S/C7H10N2O2/c10-4-6-3-8-7(11)9(6)5-1-2-5/h4-6H,1-3H2,(H,8,11). The molecule has 1 saturated heterocycles. The molecule has 2 aliphatic rings. The van der Waals surface area contributed by atoms with Crippen molar-refractivity contribution < 1.29 is 9.59 Å². The number of carbonyl (C=O) groups is 2. The van der Waals surface area contributed by atoms with Crippen molar-refractivity contribution in [2.24, 2.45) is 0 Å². The highest BCUT2D eigenvalue weighted by molar-refractivity contribution is 5.82. The molecule has 1 atom stereocenters. The van der Waals surface area contributed by atoms with Crippen LogP contribution in [0.25, 0.3) is 0 Å². The largest absolute Gasteiger partial charge is 0.335 e. The highest BCUT2D eigenvalue weighted by Crippen LogP contribution is 2.29. The van der Waals surface area contributed by atoms with Crippen molar-refractivity contribution in [3.8, 4) is 0 Å². The summed E-state index contributed by atoms with van der Waals surface area (Å²) in [7, 11) is 0. The van der Waals surface area contributed by atoms with Crippen molar-refractivity contribution in [1.29, 1.82) is 0 Å². The number of nitrogens with zero attached hydrogens (tertiary/aromatic N) is 1. The third kappa shape index (κ3) is 0.982. The van der Waals surface area contributed by atoms with E-state index in [9.17, 15) is 9.59 Å². The Morgan fingerprint density at radius 2 is 2.27 bits per heavy atom. The van der Waals surface area contributed by atoms with Crippen LogP contribution in [0.5, 0.6) is 0 Å². The lowest BCUT2D eigenvalue weighted by Gasteiger charge is -2.17. The van der Waals surface area contributed by atoms with Gasteiger partial charge in [0, 0.05) is 12.6 Å². The number of urea groups is 1. The lowest BCUT2D eigenvalue weighted by atomic mass is 10.3. The highest BCUT2D eigenvalue weighted by Gasteiger charge is 2.40. The number of hydrogen-bond donors (Lipinski definition) is 1. The average Bonchev–Trinajstić information content (AvgIpc) is 2.76. The molecule has 1 saturated carbocycles. The zero-order chi connectivity index (χ0) is 7.84. The van der Waals surface area contributed by atoms with E-state index in [1.54, 1.807) is 4.90 Å². The fourth-order valence-corrected chi connectivity index (χ4v) is 1.44. The molecule has 2 amide bonds. The van der Waals surface area contributed by atoms with Gasteiger partial charge in [-0.15, -0.1) is 0 Å². The Morgan fingerprint density at radius 1 is 1.55 bits per heavy atom. The Hall–Kier alpha value is -1.06. The molecule has 2 rings (SSSR count). The smallest absolute Gasteiger partial charge is 0.318 e. The zero-order valence-corrected chi connectivity index (χ0v) is 6.12. The molecule has 4 nitrogen and oxygen atoms in total. The summed E-state index contributed by atoms with van der Waals surface area (Å²) >= 11 is 0. The van der Waals surface area contributed by atoms with Crippen molar-refractivity contribution in [3.05, 3.63) is 0 Å². The molecule has 0 bridgehead atoms. The van der Waals surface area contributed by atoms with Gasteiger partial charge in [0.1, 0.15) is 12.3 Å². The molecule has 4 heteroatoms. The number of nitrogens with one attached hydrogen (secondary N) is 1. The lowest BCUT2D eigenvalue weighted by Crippen LogP contribution is -2.36. The van der Waals surface area contributed by atoms with Crippen LogP contribution in [0, 0.1) is 0 Å². The molecule has 1 heterocycles. The van der Waals surface area contributed by atoms with E-state index in [4.69, 9.17) is 0 Å². The van der Waals surface area contributed by atoms with Gasteiger partial charge in [0.2, 0.25) is 0 Å². The summed E-state index contributed by atoms with van der Waals surface area (Å²) in [5.74, 6) is 0. The van der Waals surface area contributed by atoms with Crippen LogP contribution >= 0.6 is 0 Å². The average molecular weight is 154 g/mol. The molecular weight excluding hydrogens is 144 g/mol. The van der Waals surface area contributed by atoms with Gasteiger partial charge in [0.25, 0.3) is 0 Å². The summed E-state index contributed by atoms with van der Waals surface area (Å²) in [5.41, 5.74) is 0. The van der Waals surface area contributed by atoms with Crippen molar-refractivity contribution in [3.63, 3.8) is 0 Å². The van der Waals surface area contributed by atoms with Crippen LogP contribution < -0.4 is 5.32 Å². The van der Waals surface area contributed by atoms with Gasteiger partial charge in [-0.1, -0.05) is 0 Å². The second kappa shape index (κ2) is 2.22. The van der Waals surface area contributed by atoms with Gasteiger partial charge in [-0.3, -0.25) is 0 Å². The van der Waals surface area contributed by atoms with Gasteiger partial charge >= 0.3 is 6.03 Å². The Bertz CT molecular complexity index is 201. The van der Waals surface area contributed by atoms with Gasteiger partial charge in [-0.25, -0.2) is 4.79 Å². The number of hydrogen-bond acceptors (Lipinski definition) is 2. The molecule has 0 spiro atoms. The number of aldehydes is 1. The Morgan fingerprint density at radius 3 is 2.82 bits per heavy atom. The normalized spacial score (nSPS) is 30.4. The fraction of sp³-hybridized carbons (Fsp3) is 0.714. The second-order valence-corrected chi connectivity index (χ2v) is 3.03. The van der Waals surface area contributed by atoms with Crippen molar-refractivity contribution in [1.82, 2.24) is 10.2 Å². The SMILES string of the molecule is O=CC1CNC(=O)N1C1CC1. The first kappa shape index (κ1) is 6.64. The van der Waals surface area contributed by atoms with E-state index in [0.717, 1.165) is 19.1 Å². The molecule has 0 aromatic rings. The molecule has 1 N–H and O–H groups in total. The van der Waals surface area contributed by atoms with Crippen molar-refractivity contribution >= 4 is 12.3 Å². The van der Waals surface area contributed by atoms with E-state index in [0.29, 0.717) is 12.6 Å². The van der Waals surface area contributed by atoms with Crippen LogP contribution in [0.4, 0.5) is 4.79 Å². The fourth-order valence-electron chi connectivity index (χ4n) is 1.44. The molecular formula is C7H10N2O2. The summed E-state index contributed by atoms with van der Waals surface area (Å²) in [4.78, 5) is 23.2. The maximum Gasteiger partial charge on any atom is 0.318 e. The number of amides is 2. The first-order chi connectivity index (χ1) is 5.33. The van der Waals surface area contributed by atoms with Crippen LogP contribution in [0.3, 0.4) is 0 Å². The Labute approximate surface area is 64.5 Å². The molecule has 11 heavy (non-hydrogen) atoms. The Kier molecular flexibility index (Phi) is 1.34. The van der Waals surface area contributed by atoms with Gasteiger partial charge in [0.15, 0.2) is 0 Å². The van der Waals surface area contributed by atoms with Crippen molar-refractivity contribution in [2.75, 3.05) is 6.54 Å². The first-order valence-corrected chi connectivity index (χ1v) is 3.84. The topological polar surface area (TPSA) is 49.4 Å². The van der Waals surface area contributed by atoms with Crippen LogP contribution in [0.15, 0.2) is 0 Å². The molecule has 1 aliphatic carbocycles. The monoisotopic (exact) mass is 154 g/mol. The van der Waals surface area contributed by atoms with Gasteiger partial charge in [-0.05, 0) is 12.8 Å². The molecule has 2 fully saturated rings. The second-order valence-electron chi connectivity index (χ2n) is 3.03. The quantitative estimate of drug-likeness (QED) is 0.557. The molecule has 0 aromatic carbocycles. The van der Waals surface area contributed by atoms with Crippen molar-refractivity contribution in [2.45, 2.75) is 24.9 Å². The zero-order valence-electron chi connectivity index (χ0n) is 6.12.